The van der Waals surface area contributed by atoms with Crippen LogP contribution in [0.1, 0.15) is 20.9 Å². The Bertz CT molecular complexity index is 866. The van der Waals surface area contributed by atoms with E-state index < -0.39 is 6.37 Å². The van der Waals surface area contributed by atoms with E-state index in [2.05, 4.69) is 53.0 Å². The molecule has 0 unspecified atom stereocenters. The van der Waals surface area contributed by atoms with Gasteiger partial charge in [0.15, 0.2) is 6.20 Å². The number of hydrogen-bond donors (Lipinski definition) is 0. The zero-order valence-electron chi connectivity index (χ0n) is 15.2. The van der Waals surface area contributed by atoms with E-state index in [1.807, 2.05) is 19.2 Å². The molecule has 0 aliphatic heterocycles. The molecule has 3 aromatic rings. The fourth-order valence-corrected chi connectivity index (χ4v) is 2.63. The van der Waals surface area contributed by atoms with Crippen LogP contribution >= 0.6 is 0 Å². The Balaban J connectivity index is 1.97. The molecule has 0 amide bonds. The van der Waals surface area contributed by atoms with Gasteiger partial charge in [-0.3, -0.25) is 4.98 Å². The molecule has 0 aliphatic rings. The van der Waals surface area contributed by atoms with Crippen molar-refractivity contribution < 1.29 is 7.31 Å². The zero-order chi connectivity index (χ0) is 17.3. The molecule has 0 saturated carbocycles. The van der Waals surface area contributed by atoms with Gasteiger partial charge in [-0.15, -0.1) is 0 Å². The van der Waals surface area contributed by atoms with Gasteiger partial charge in [-0.2, -0.15) is 0 Å². The molecule has 0 fully saturated rings. The first-order valence-electron chi connectivity index (χ1n) is 8.39. The van der Waals surface area contributed by atoms with Gasteiger partial charge in [-0.25, -0.2) is 4.57 Å². The van der Waals surface area contributed by atoms with Gasteiger partial charge in [-0.1, -0.05) is 31.2 Å². The number of hydrogen-bond acceptors (Lipinski definition) is 1. The highest BCUT2D eigenvalue weighted by molar-refractivity contribution is 5.65. The summed E-state index contributed by atoms with van der Waals surface area (Å²) in [4.78, 5) is 4.27. The molecule has 0 N–H and O–H groups in total. The lowest BCUT2D eigenvalue weighted by atomic mass is 10.0. The summed E-state index contributed by atoms with van der Waals surface area (Å²) in [6.45, 7) is 3.64. The molecule has 1 aromatic carbocycles. The summed E-state index contributed by atoms with van der Waals surface area (Å²) in [5.41, 5.74) is 6.12. The minimum atomic E-state index is -1.42. The molecular formula is C20H21N2+. The Kier molecular flexibility index (Phi) is 3.36. The van der Waals surface area contributed by atoms with Crippen LogP contribution in [0.2, 0.25) is 0 Å². The van der Waals surface area contributed by atoms with E-state index in [-0.39, 0.29) is 0 Å². The van der Waals surface area contributed by atoms with Crippen molar-refractivity contribution in [3.63, 3.8) is 0 Å². The smallest absolute Gasteiger partial charge is 0.212 e. The largest absolute Gasteiger partial charge is 0.261 e. The van der Waals surface area contributed by atoms with Crippen molar-refractivity contribution in [2.24, 2.45) is 7.05 Å². The molecular weight excluding hydrogens is 268 g/mol. The third kappa shape index (κ3) is 2.77. The molecule has 0 atom stereocenters. The van der Waals surface area contributed by atoms with Crippen molar-refractivity contribution in [3.8, 4) is 22.4 Å². The van der Waals surface area contributed by atoms with Crippen molar-refractivity contribution in [1.29, 1.82) is 0 Å². The topological polar surface area (TPSA) is 16.8 Å². The highest BCUT2D eigenvalue weighted by atomic mass is 14.9. The Labute approximate surface area is 134 Å². The average Bonchev–Trinajstić information content (AvgIpc) is 2.55. The van der Waals surface area contributed by atoms with Crippen LogP contribution in [0.5, 0.6) is 0 Å². The van der Waals surface area contributed by atoms with Gasteiger partial charge in [-0.05, 0) is 37.1 Å². The second-order valence-electron chi connectivity index (χ2n) is 5.41. The quantitative estimate of drug-likeness (QED) is 0.664. The van der Waals surface area contributed by atoms with E-state index in [9.17, 15) is 0 Å². The summed E-state index contributed by atoms with van der Waals surface area (Å²) in [5, 5.41) is 0. The molecule has 2 nitrogen and oxygen atoms in total. The Morgan fingerprint density at radius 2 is 1.82 bits per heavy atom. The number of aryl methyl sites for hydroxylation is 3. The summed E-state index contributed by atoms with van der Waals surface area (Å²) in [7, 11) is 2.04. The second kappa shape index (κ2) is 6.10. The molecule has 22 heavy (non-hydrogen) atoms. The average molecular weight is 291 g/mol. The summed E-state index contributed by atoms with van der Waals surface area (Å²) >= 11 is 0. The maximum atomic E-state index is 7.73. The van der Waals surface area contributed by atoms with E-state index in [1.165, 1.54) is 18.1 Å². The third-order valence-electron chi connectivity index (χ3n) is 3.91. The van der Waals surface area contributed by atoms with E-state index >= 15 is 0 Å². The van der Waals surface area contributed by atoms with Crippen molar-refractivity contribution in [1.82, 2.24) is 4.98 Å². The predicted molar refractivity (Wildman–Crippen MR) is 90.4 cm³/mol. The zero-order valence-corrected chi connectivity index (χ0v) is 13.2. The van der Waals surface area contributed by atoms with E-state index in [4.69, 9.17) is 2.74 Å². The number of benzene rings is 1. The van der Waals surface area contributed by atoms with Gasteiger partial charge in [0.2, 0.25) is 5.69 Å². The van der Waals surface area contributed by atoms with Crippen LogP contribution in [0.4, 0.5) is 0 Å². The molecule has 0 aliphatic carbocycles. The molecule has 0 saturated heterocycles. The minimum absolute atomic E-state index is 0.451. The van der Waals surface area contributed by atoms with Crippen molar-refractivity contribution >= 4 is 0 Å². The minimum Gasteiger partial charge on any atom is -0.261 e. The van der Waals surface area contributed by atoms with Gasteiger partial charge in [0.25, 0.3) is 0 Å². The van der Waals surface area contributed by atoms with E-state index in [1.54, 1.807) is 12.3 Å². The third-order valence-corrected chi connectivity index (χ3v) is 3.91. The molecule has 2 aromatic heterocycles. The summed E-state index contributed by atoms with van der Waals surface area (Å²) in [5.74, 6) is 0. The van der Waals surface area contributed by atoms with Gasteiger partial charge in [0.05, 0.1) is 0 Å². The predicted octanol–water partition coefficient (Wildman–Crippen LogP) is 4.11. The van der Waals surface area contributed by atoms with Crippen LogP contribution in [0, 0.1) is 6.92 Å². The Morgan fingerprint density at radius 3 is 2.45 bits per heavy atom. The van der Waals surface area contributed by atoms with Crippen molar-refractivity contribution in [2.45, 2.75) is 20.2 Å². The van der Waals surface area contributed by atoms with Crippen LogP contribution in [-0.2, 0) is 13.4 Å². The SMILES string of the molecule is [2H]C([2H])(C)c1ccc(-c2ccc(-c3ccccc3C)[n+](C)c2)cn1. The monoisotopic (exact) mass is 291 g/mol. The Morgan fingerprint density at radius 1 is 1.05 bits per heavy atom. The maximum absolute atomic E-state index is 7.73. The van der Waals surface area contributed by atoms with Crippen molar-refractivity contribution in [2.75, 3.05) is 0 Å². The lowest BCUT2D eigenvalue weighted by Crippen LogP contribution is -2.30. The van der Waals surface area contributed by atoms with Gasteiger partial charge >= 0.3 is 0 Å². The first-order chi connectivity index (χ1) is 11.4. The summed E-state index contributed by atoms with van der Waals surface area (Å²) < 4.78 is 17.6. The fraction of sp³-hybridized carbons (Fsp3) is 0.200. The molecule has 2 heterocycles. The maximum Gasteiger partial charge on any atom is 0.212 e. The lowest BCUT2D eigenvalue weighted by molar-refractivity contribution is -0.659. The number of pyridine rings is 2. The van der Waals surface area contributed by atoms with Gasteiger partial charge in [0, 0.05) is 37.4 Å². The molecule has 0 spiro atoms. The first kappa shape index (κ1) is 12.1. The standard InChI is InChI=1S/C20H21N2/c1-4-18-11-9-16(13-21-18)17-10-12-20(22(3)14-17)19-8-6-5-7-15(19)2/h5-14H,4H2,1-3H3/q+1/i4D2. The van der Waals surface area contributed by atoms with Gasteiger partial charge < -0.3 is 0 Å². The second-order valence-corrected chi connectivity index (χ2v) is 5.41. The molecule has 3 rings (SSSR count). The lowest BCUT2D eigenvalue weighted by Gasteiger charge is -2.06. The number of nitrogens with zero attached hydrogens (tertiary/aromatic N) is 2. The molecule has 110 valence electrons. The van der Waals surface area contributed by atoms with Crippen LogP contribution in [0.15, 0.2) is 60.9 Å². The summed E-state index contributed by atoms with van der Waals surface area (Å²) in [6, 6.07) is 16.2. The molecule has 2 heteroatoms. The number of rotatable bonds is 3. The Hall–Kier alpha value is -2.48. The first-order valence-corrected chi connectivity index (χ1v) is 7.39. The van der Waals surface area contributed by atoms with E-state index in [0.29, 0.717) is 5.69 Å². The summed E-state index contributed by atoms with van der Waals surface area (Å²) in [6.07, 6.45) is 2.40. The van der Waals surface area contributed by atoms with Crippen LogP contribution in [0.3, 0.4) is 0 Å². The van der Waals surface area contributed by atoms with Crippen molar-refractivity contribution in [3.05, 3.63) is 72.2 Å². The van der Waals surface area contributed by atoms with Crippen LogP contribution in [-0.4, -0.2) is 4.98 Å². The van der Waals surface area contributed by atoms with Gasteiger partial charge in [0.1, 0.15) is 7.05 Å². The highest BCUT2D eigenvalue weighted by Crippen LogP contribution is 2.23. The molecule has 0 radical (unpaired) electrons. The molecule has 0 bridgehead atoms. The number of aromatic nitrogens is 2. The normalized spacial score (nSPS) is 12.7. The fourth-order valence-electron chi connectivity index (χ4n) is 2.63. The van der Waals surface area contributed by atoms with E-state index in [0.717, 1.165) is 16.8 Å². The van der Waals surface area contributed by atoms with Crippen LogP contribution < -0.4 is 4.57 Å². The van der Waals surface area contributed by atoms with Crippen LogP contribution in [0.25, 0.3) is 22.4 Å². The highest BCUT2D eigenvalue weighted by Gasteiger charge is 2.13.